The van der Waals surface area contributed by atoms with Crippen molar-refractivity contribution in [3.05, 3.63) is 29.8 Å². The summed E-state index contributed by atoms with van der Waals surface area (Å²) in [6, 6.07) is 8.87. The van der Waals surface area contributed by atoms with Crippen molar-refractivity contribution < 1.29 is 4.74 Å². The lowest BCUT2D eigenvalue weighted by Crippen LogP contribution is -2.39. The van der Waals surface area contributed by atoms with Gasteiger partial charge in [0, 0.05) is 19.1 Å². The standard InChI is InChI=1S/C15H24N2O/c1-3-18-14-6-4-5-12(9-14)11-17(2)15(10-16)13-7-8-13/h4-6,9,13,15H,3,7-8,10-11,16H2,1-2H3. The van der Waals surface area contributed by atoms with E-state index < -0.39 is 0 Å². The first-order valence-corrected chi connectivity index (χ1v) is 6.86. The second kappa shape index (κ2) is 6.21. The average Bonchev–Trinajstić information content (AvgIpc) is 3.15. The molecule has 3 heteroatoms. The van der Waals surface area contributed by atoms with Gasteiger partial charge in [-0.25, -0.2) is 0 Å². The molecule has 2 N–H and O–H groups in total. The van der Waals surface area contributed by atoms with E-state index in [1.165, 1.54) is 18.4 Å². The van der Waals surface area contributed by atoms with Gasteiger partial charge in [0.25, 0.3) is 0 Å². The molecule has 0 aliphatic heterocycles. The van der Waals surface area contributed by atoms with Crippen LogP contribution in [0, 0.1) is 5.92 Å². The van der Waals surface area contributed by atoms with E-state index in [4.69, 9.17) is 10.5 Å². The zero-order valence-electron chi connectivity index (χ0n) is 11.4. The molecule has 1 aliphatic carbocycles. The second-order valence-corrected chi connectivity index (χ2v) is 5.14. The molecule has 2 rings (SSSR count). The summed E-state index contributed by atoms with van der Waals surface area (Å²) in [5.74, 6) is 1.77. The minimum absolute atomic E-state index is 0.528. The number of hydrogen-bond donors (Lipinski definition) is 1. The maximum atomic E-state index is 5.88. The average molecular weight is 248 g/mol. The summed E-state index contributed by atoms with van der Waals surface area (Å²) in [4.78, 5) is 2.38. The van der Waals surface area contributed by atoms with Crippen LogP contribution in [0.25, 0.3) is 0 Å². The highest BCUT2D eigenvalue weighted by atomic mass is 16.5. The Kier molecular flexibility index (Phi) is 4.61. The highest BCUT2D eigenvalue weighted by molar-refractivity contribution is 5.28. The number of likely N-dealkylation sites (N-methyl/N-ethyl adjacent to an activating group) is 1. The van der Waals surface area contributed by atoms with Crippen molar-refractivity contribution in [2.45, 2.75) is 32.4 Å². The van der Waals surface area contributed by atoms with Crippen LogP contribution in [0.4, 0.5) is 0 Å². The van der Waals surface area contributed by atoms with Crippen molar-refractivity contribution in [3.63, 3.8) is 0 Å². The van der Waals surface area contributed by atoms with E-state index in [2.05, 4.69) is 30.1 Å². The quantitative estimate of drug-likeness (QED) is 0.804. The zero-order valence-corrected chi connectivity index (χ0v) is 11.4. The first-order valence-electron chi connectivity index (χ1n) is 6.86. The van der Waals surface area contributed by atoms with Crippen LogP contribution in [-0.2, 0) is 6.54 Å². The lowest BCUT2D eigenvalue weighted by atomic mass is 10.1. The molecule has 18 heavy (non-hydrogen) atoms. The Hall–Kier alpha value is -1.06. The van der Waals surface area contributed by atoms with E-state index in [0.29, 0.717) is 12.6 Å². The van der Waals surface area contributed by atoms with Gasteiger partial charge in [0.2, 0.25) is 0 Å². The number of benzene rings is 1. The summed E-state index contributed by atoms with van der Waals surface area (Å²) in [7, 11) is 2.17. The predicted molar refractivity (Wildman–Crippen MR) is 74.6 cm³/mol. The largest absolute Gasteiger partial charge is 0.494 e. The fraction of sp³-hybridized carbons (Fsp3) is 0.600. The number of nitrogens with two attached hydrogens (primary N) is 1. The van der Waals surface area contributed by atoms with Gasteiger partial charge >= 0.3 is 0 Å². The lowest BCUT2D eigenvalue weighted by molar-refractivity contribution is 0.215. The third kappa shape index (κ3) is 3.47. The summed E-state index contributed by atoms with van der Waals surface area (Å²) >= 11 is 0. The number of nitrogens with zero attached hydrogens (tertiary/aromatic N) is 1. The number of rotatable bonds is 7. The van der Waals surface area contributed by atoms with Crippen molar-refractivity contribution in [2.75, 3.05) is 20.2 Å². The molecule has 1 aromatic rings. The second-order valence-electron chi connectivity index (χ2n) is 5.14. The molecule has 0 radical (unpaired) electrons. The molecule has 0 aromatic heterocycles. The molecule has 1 aliphatic rings. The summed E-state index contributed by atoms with van der Waals surface area (Å²) in [5, 5.41) is 0. The van der Waals surface area contributed by atoms with Gasteiger partial charge in [-0.1, -0.05) is 12.1 Å². The maximum absolute atomic E-state index is 5.88. The van der Waals surface area contributed by atoms with Crippen molar-refractivity contribution in [1.29, 1.82) is 0 Å². The van der Waals surface area contributed by atoms with Gasteiger partial charge in [0.05, 0.1) is 6.61 Å². The Morgan fingerprint density at radius 3 is 2.83 bits per heavy atom. The van der Waals surface area contributed by atoms with Gasteiger partial charge in [0.15, 0.2) is 0 Å². The molecule has 0 saturated heterocycles. The summed E-state index contributed by atoms with van der Waals surface area (Å²) in [5.41, 5.74) is 7.17. The number of ether oxygens (including phenoxy) is 1. The Labute approximate surface area is 110 Å². The van der Waals surface area contributed by atoms with E-state index in [-0.39, 0.29) is 0 Å². The highest BCUT2D eigenvalue weighted by Crippen LogP contribution is 2.35. The third-order valence-electron chi connectivity index (χ3n) is 3.62. The normalized spacial score (nSPS) is 16.9. The molecule has 100 valence electrons. The minimum Gasteiger partial charge on any atom is -0.494 e. The van der Waals surface area contributed by atoms with Crippen LogP contribution in [0.3, 0.4) is 0 Å². The number of hydrogen-bond acceptors (Lipinski definition) is 3. The molecule has 1 atom stereocenters. The summed E-state index contributed by atoms with van der Waals surface area (Å²) < 4.78 is 5.53. The zero-order chi connectivity index (χ0) is 13.0. The maximum Gasteiger partial charge on any atom is 0.119 e. The Balaban J connectivity index is 1.96. The van der Waals surface area contributed by atoms with Crippen molar-refractivity contribution in [2.24, 2.45) is 11.7 Å². The Morgan fingerprint density at radius 2 is 2.22 bits per heavy atom. The van der Waals surface area contributed by atoms with E-state index >= 15 is 0 Å². The fourth-order valence-corrected chi connectivity index (χ4v) is 2.52. The van der Waals surface area contributed by atoms with Crippen molar-refractivity contribution >= 4 is 0 Å². The topological polar surface area (TPSA) is 38.5 Å². The fourth-order valence-electron chi connectivity index (χ4n) is 2.52. The van der Waals surface area contributed by atoms with Crippen LogP contribution in [0.2, 0.25) is 0 Å². The van der Waals surface area contributed by atoms with E-state index in [1.807, 2.05) is 13.0 Å². The van der Waals surface area contributed by atoms with Gasteiger partial charge in [-0.3, -0.25) is 4.90 Å². The molecule has 0 bridgehead atoms. The minimum atomic E-state index is 0.528. The molecule has 1 aromatic carbocycles. The lowest BCUT2D eigenvalue weighted by Gasteiger charge is -2.27. The SMILES string of the molecule is CCOc1cccc(CN(C)C(CN)C2CC2)c1. The van der Waals surface area contributed by atoms with E-state index in [1.54, 1.807) is 0 Å². The smallest absolute Gasteiger partial charge is 0.119 e. The van der Waals surface area contributed by atoms with Gasteiger partial charge in [0.1, 0.15) is 5.75 Å². The molecule has 1 fully saturated rings. The molecule has 0 heterocycles. The predicted octanol–water partition coefficient (Wildman–Crippen LogP) is 2.25. The van der Waals surface area contributed by atoms with Crippen LogP contribution in [0.5, 0.6) is 5.75 Å². The molecule has 1 saturated carbocycles. The van der Waals surface area contributed by atoms with Crippen LogP contribution in [0.1, 0.15) is 25.3 Å². The molecule has 1 unspecified atom stereocenters. The van der Waals surface area contributed by atoms with Crippen LogP contribution < -0.4 is 10.5 Å². The Bertz CT molecular complexity index is 377. The highest BCUT2D eigenvalue weighted by Gasteiger charge is 2.32. The van der Waals surface area contributed by atoms with Crippen molar-refractivity contribution in [1.82, 2.24) is 4.90 Å². The first-order chi connectivity index (χ1) is 8.74. The molecular weight excluding hydrogens is 224 g/mol. The van der Waals surface area contributed by atoms with Crippen molar-refractivity contribution in [3.8, 4) is 5.75 Å². The van der Waals surface area contributed by atoms with Crippen LogP contribution >= 0.6 is 0 Å². The van der Waals surface area contributed by atoms with Gasteiger partial charge in [-0.2, -0.15) is 0 Å². The first kappa shape index (κ1) is 13.4. The van der Waals surface area contributed by atoms with Gasteiger partial charge in [-0.05, 0) is 50.4 Å². The third-order valence-corrected chi connectivity index (χ3v) is 3.62. The molecule has 0 amide bonds. The van der Waals surface area contributed by atoms with Gasteiger partial charge < -0.3 is 10.5 Å². The van der Waals surface area contributed by atoms with E-state index in [0.717, 1.165) is 24.8 Å². The monoisotopic (exact) mass is 248 g/mol. The summed E-state index contributed by atoms with van der Waals surface area (Å²) in [6.45, 7) is 4.43. The van der Waals surface area contributed by atoms with Crippen LogP contribution in [0.15, 0.2) is 24.3 Å². The molecule has 0 spiro atoms. The Morgan fingerprint density at radius 1 is 1.44 bits per heavy atom. The molecule has 3 nitrogen and oxygen atoms in total. The molecular formula is C15H24N2O. The van der Waals surface area contributed by atoms with Gasteiger partial charge in [-0.15, -0.1) is 0 Å². The van der Waals surface area contributed by atoms with E-state index in [9.17, 15) is 0 Å². The van der Waals surface area contributed by atoms with Crippen LogP contribution in [-0.4, -0.2) is 31.1 Å². The summed E-state index contributed by atoms with van der Waals surface area (Å²) in [6.07, 6.45) is 2.68.